The standard InChI is InChI=1S/C20H22BN5O2/c1-13-10-16-7-3-4-9-18(16)26(13)20-24-14(2)23-19(25-20)22-12-15-6-5-8-17(11-15)21(27)28/h3-9,11,13,27-28H,10,12H2,1-2H3,(H,22,23,24,25). The fourth-order valence-electron chi connectivity index (χ4n) is 3.57. The SMILES string of the molecule is Cc1nc(NCc2cccc(B(O)O)c2)nc(N2c3ccccc3CC2C)n1. The minimum absolute atomic E-state index is 0.273. The lowest BCUT2D eigenvalue weighted by Gasteiger charge is -2.23. The fraction of sp³-hybridized carbons (Fsp3) is 0.250. The molecule has 0 saturated carbocycles. The summed E-state index contributed by atoms with van der Waals surface area (Å²) >= 11 is 0. The van der Waals surface area contributed by atoms with E-state index in [1.807, 2.05) is 19.1 Å². The molecule has 2 aromatic carbocycles. The number of hydrogen-bond donors (Lipinski definition) is 3. The normalized spacial score (nSPS) is 15.4. The molecule has 142 valence electrons. The van der Waals surface area contributed by atoms with Crippen LogP contribution in [0, 0.1) is 6.92 Å². The van der Waals surface area contributed by atoms with E-state index in [9.17, 15) is 10.0 Å². The van der Waals surface area contributed by atoms with Crippen molar-refractivity contribution < 1.29 is 10.0 Å². The maximum absolute atomic E-state index is 9.33. The molecule has 0 fully saturated rings. The summed E-state index contributed by atoms with van der Waals surface area (Å²) in [5, 5.41) is 21.9. The molecule has 2 heterocycles. The zero-order valence-electron chi connectivity index (χ0n) is 15.9. The van der Waals surface area contributed by atoms with Gasteiger partial charge >= 0.3 is 7.12 Å². The largest absolute Gasteiger partial charge is 0.488 e. The molecule has 0 aliphatic carbocycles. The summed E-state index contributed by atoms with van der Waals surface area (Å²) in [5.41, 5.74) is 3.79. The van der Waals surface area contributed by atoms with Gasteiger partial charge in [0, 0.05) is 18.3 Å². The summed E-state index contributed by atoms with van der Waals surface area (Å²) in [4.78, 5) is 15.7. The first-order valence-corrected chi connectivity index (χ1v) is 9.30. The number of aryl methyl sites for hydroxylation is 1. The Morgan fingerprint density at radius 3 is 2.75 bits per heavy atom. The van der Waals surface area contributed by atoms with Crippen LogP contribution in [0.4, 0.5) is 17.6 Å². The van der Waals surface area contributed by atoms with Crippen LogP contribution in [0.1, 0.15) is 23.9 Å². The third kappa shape index (κ3) is 3.69. The second-order valence-corrected chi connectivity index (χ2v) is 7.03. The molecule has 3 aromatic rings. The molecular weight excluding hydrogens is 353 g/mol. The molecule has 0 amide bonds. The summed E-state index contributed by atoms with van der Waals surface area (Å²) in [6.45, 7) is 4.49. The van der Waals surface area contributed by atoms with Crippen LogP contribution in [0.15, 0.2) is 48.5 Å². The first kappa shape index (κ1) is 18.4. The van der Waals surface area contributed by atoms with Crippen LogP contribution < -0.4 is 15.7 Å². The molecule has 1 aliphatic heterocycles. The molecule has 28 heavy (non-hydrogen) atoms. The first-order valence-electron chi connectivity index (χ1n) is 9.30. The van der Waals surface area contributed by atoms with Crippen molar-refractivity contribution in [1.29, 1.82) is 0 Å². The molecule has 1 unspecified atom stereocenters. The van der Waals surface area contributed by atoms with Gasteiger partial charge in [-0.3, -0.25) is 0 Å². The van der Waals surface area contributed by atoms with Gasteiger partial charge in [-0.25, -0.2) is 0 Å². The molecule has 0 spiro atoms. The van der Waals surface area contributed by atoms with Gasteiger partial charge in [0.25, 0.3) is 0 Å². The quantitative estimate of drug-likeness (QED) is 0.583. The van der Waals surface area contributed by atoms with Gasteiger partial charge < -0.3 is 20.3 Å². The van der Waals surface area contributed by atoms with Crippen LogP contribution in [0.25, 0.3) is 0 Å². The average Bonchev–Trinajstić information content (AvgIpc) is 3.02. The van der Waals surface area contributed by atoms with E-state index in [1.165, 1.54) is 5.56 Å². The number of hydrogen-bond acceptors (Lipinski definition) is 7. The zero-order chi connectivity index (χ0) is 19.7. The molecule has 0 saturated heterocycles. The van der Waals surface area contributed by atoms with Crippen molar-refractivity contribution in [2.75, 3.05) is 10.2 Å². The summed E-state index contributed by atoms with van der Waals surface area (Å²) in [5.74, 6) is 1.77. The molecule has 0 bridgehead atoms. The van der Waals surface area contributed by atoms with Gasteiger partial charge in [-0.1, -0.05) is 42.5 Å². The Morgan fingerprint density at radius 1 is 1.11 bits per heavy atom. The summed E-state index contributed by atoms with van der Waals surface area (Å²) in [7, 11) is -1.48. The summed E-state index contributed by atoms with van der Waals surface area (Å²) < 4.78 is 0. The van der Waals surface area contributed by atoms with Gasteiger partial charge in [-0.15, -0.1) is 0 Å². The molecule has 0 radical (unpaired) electrons. The van der Waals surface area contributed by atoms with Crippen molar-refractivity contribution in [2.24, 2.45) is 0 Å². The molecule has 1 atom stereocenters. The molecule has 8 heteroatoms. The Hall–Kier alpha value is -2.97. The van der Waals surface area contributed by atoms with E-state index in [1.54, 1.807) is 18.2 Å². The predicted molar refractivity (Wildman–Crippen MR) is 110 cm³/mol. The number of fused-ring (bicyclic) bond motifs is 1. The topological polar surface area (TPSA) is 94.4 Å². The van der Waals surface area contributed by atoms with E-state index in [0.717, 1.165) is 17.7 Å². The number of nitrogens with zero attached hydrogens (tertiary/aromatic N) is 4. The molecule has 3 N–H and O–H groups in total. The van der Waals surface area contributed by atoms with Gasteiger partial charge in [-0.2, -0.15) is 15.0 Å². The zero-order valence-corrected chi connectivity index (χ0v) is 15.9. The monoisotopic (exact) mass is 375 g/mol. The van der Waals surface area contributed by atoms with Crippen molar-refractivity contribution in [3.8, 4) is 0 Å². The first-order chi connectivity index (χ1) is 13.5. The highest BCUT2D eigenvalue weighted by Crippen LogP contribution is 2.36. The maximum Gasteiger partial charge on any atom is 0.488 e. The lowest BCUT2D eigenvalue weighted by Crippen LogP contribution is -2.30. The van der Waals surface area contributed by atoms with Crippen LogP contribution in [-0.4, -0.2) is 38.2 Å². The van der Waals surface area contributed by atoms with Crippen LogP contribution in [0.2, 0.25) is 0 Å². The Kier molecular flexibility index (Phi) is 4.98. The number of para-hydroxylation sites is 1. The van der Waals surface area contributed by atoms with Crippen molar-refractivity contribution in [1.82, 2.24) is 15.0 Å². The van der Waals surface area contributed by atoms with Gasteiger partial charge in [-0.05, 0) is 42.9 Å². The molecule has 4 rings (SSSR count). The van der Waals surface area contributed by atoms with E-state index in [2.05, 4.69) is 50.3 Å². The van der Waals surface area contributed by atoms with Gasteiger partial charge in [0.1, 0.15) is 5.82 Å². The molecular formula is C20H22BN5O2. The second kappa shape index (κ2) is 7.57. The van der Waals surface area contributed by atoms with E-state index in [-0.39, 0.29) is 6.04 Å². The van der Waals surface area contributed by atoms with E-state index in [4.69, 9.17) is 0 Å². The van der Waals surface area contributed by atoms with E-state index in [0.29, 0.717) is 29.7 Å². The lowest BCUT2D eigenvalue weighted by atomic mass is 9.80. The maximum atomic E-state index is 9.33. The number of benzene rings is 2. The number of rotatable bonds is 5. The number of anilines is 3. The van der Waals surface area contributed by atoms with Crippen LogP contribution in [0.3, 0.4) is 0 Å². The van der Waals surface area contributed by atoms with Crippen molar-refractivity contribution in [3.63, 3.8) is 0 Å². The second-order valence-electron chi connectivity index (χ2n) is 7.03. The third-order valence-corrected chi connectivity index (χ3v) is 4.86. The summed E-state index contributed by atoms with van der Waals surface area (Å²) in [6.07, 6.45) is 0.958. The summed E-state index contributed by atoms with van der Waals surface area (Å²) in [6, 6.07) is 15.7. The van der Waals surface area contributed by atoms with E-state index >= 15 is 0 Å². The minimum atomic E-state index is -1.48. The number of nitrogens with one attached hydrogen (secondary N) is 1. The fourth-order valence-corrected chi connectivity index (χ4v) is 3.57. The molecule has 1 aliphatic rings. The highest BCUT2D eigenvalue weighted by atomic mass is 16.4. The molecule has 1 aromatic heterocycles. The van der Waals surface area contributed by atoms with Crippen molar-refractivity contribution >= 4 is 30.2 Å². The number of aromatic nitrogens is 3. The Balaban J connectivity index is 1.57. The minimum Gasteiger partial charge on any atom is -0.423 e. The predicted octanol–water partition coefficient (Wildman–Crippen LogP) is 1.55. The van der Waals surface area contributed by atoms with Gasteiger partial charge in [0.15, 0.2) is 0 Å². The smallest absolute Gasteiger partial charge is 0.423 e. The van der Waals surface area contributed by atoms with Crippen LogP contribution in [-0.2, 0) is 13.0 Å². The lowest BCUT2D eigenvalue weighted by molar-refractivity contribution is 0.425. The Bertz CT molecular complexity index is 998. The van der Waals surface area contributed by atoms with Crippen molar-refractivity contribution in [2.45, 2.75) is 32.9 Å². The highest BCUT2D eigenvalue weighted by molar-refractivity contribution is 6.58. The highest BCUT2D eigenvalue weighted by Gasteiger charge is 2.29. The van der Waals surface area contributed by atoms with Crippen LogP contribution in [0.5, 0.6) is 0 Å². The Morgan fingerprint density at radius 2 is 1.93 bits per heavy atom. The van der Waals surface area contributed by atoms with E-state index < -0.39 is 7.12 Å². The third-order valence-electron chi connectivity index (χ3n) is 4.86. The van der Waals surface area contributed by atoms with Crippen molar-refractivity contribution in [3.05, 3.63) is 65.5 Å². The van der Waals surface area contributed by atoms with Gasteiger partial charge in [0.05, 0.1) is 0 Å². The Labute approximate surface area is 164 Å². The van der Waals surface area contributed by atoms with Gasteiger partial charge in [0.2, 0.25) is 11.9 Å². The van der Waals surface area contributed by atoms with Crippen LogP contribution >= 0.6 is 0 Å². The molecule has 7 nitrogen and oxygen atoms in total. The average molecular weight is 375 g/mol.